The third-order valence-corrected chi connectivity index (χ3v) is 3.17. The molecule has 0 spiro atoms. The lowest BCUT2D eigenvalue weighted by atomic mass is 9.94. The van der Waals surface area contributed by atoms with E-state index in [1.807, 2.05) is 0 Å². The van der Waals surface area contributed by atoms with Crippen molar-refractivity contribution in [3.05, 3.63) is 29.6 Å². The number of phenols is 1. The Hall–Kier alpha value is -1.62. The number of piperidine rings is 1. The Labute approximate surface area is 105 Å². The summed E-state index contributed by atoms with van der Waals surface area (Å²) in [5, 5.41) is 19.5. The summed E-state index contributed by atoms with van der Waals surface area (Å²) in [5.74, 6) is -1.69. The number of rotatable bonds is 1. The molecule has 5 heteroatoms. The van der Waals surface area contributed by atoms with E-state index in [0.717, 1.165) is 6.07 Å². The number of aliphatic hydroxyl groups is 1. The van der Waals surface area contributed by atoms with Gasteiger partial charge < -0.3 is 15.1 Å². The maximum atomic E-state index is 13.6. The molecule has 1 saturated heterocycles. The molecule has 0 bridgehead atoms. The van der Waals surface area contributed by atoms with Crippen molar-refractivity contribution in [2.24, 2.45) is 0 Å². The van der Waals surface area contributed by atoms with E-state index in [0.29, 0.717) is 19.4 Å². The van der Waals surface area contributed by atoms with Crippen LogP contribution in [0.5, 0.6) is 5.75 Å². The van der Waals surface area contributed by atoms with Gasteiger partial charge in [-0.05, 0) is 31.9 Å². The average Bonchev–Trinajstić information content (AvgIpc) is 2.27. The summed E-state index contributed by atoms with van der Waals surface area (Å²) in [5.41, 5.74) is -1.27. The highest BCUT2D eigenvalue weighted by molar-refractivity contribution is 5.97. The first-order valence-corrected chi connectivity index (χ1v) is 5.90. The van der Waals surface area contributed by atoms with Gasteiger partial charge in [-0.15, -0.1) is 0 Å². The second-order valence-corrected chi connectivity index (χ2v) is 4.96. The van der Waals surface area contributed by atoms with Crippen LogP contribution in [0.2, 0.25) is 0 Å². The number of hydrogen-bond donors (Lipinski definition) is 2. The van der Waals surface area contributed by atoms with Crippen molar-refractivity contribution < 1.29 is 19.4 Å². The zero-order valence-corrected chi connectivity index (χ0v) is 10.2. The van der Waals surface area contributed by atoms with E-state index in [2.05, 4.69) is 0 Å². The van der Waals surface area contributed by atoms with E-state index in [-0.39, 0.29) is 17.9 Å². The van der Waals surface area contributed by atoms with Gasteiger partial charge in [-0.1, -0.05) is 6.07 Å². The SMILES string of the molecule is CC1(O)CCCN(C(=O)c2c(O)cccc2F)C1. The number of β-amino-alcohol motifs (C(OH)–C–C–N with tert-alkyl or cyclic N) is 1. The smallest absolute Gasteiger partial charge is 0.260 e. The van der Waals surface area contributed by atoms with Crippen molar-refractivity contribution in [3.63, 3.8) is 0 Å². The Morgan fingerprint density at radius 3 is 2.83 bits per heavy atom. The van der Waals surface area contributed by atoms with E-state index in [9.17, 15) is 19.4 Å². The highest BCUT2D eigenvalue weighted by Crippen LogP contribution is 2.26. The number of benzene rings is 1. The molecular weight excluding hydrogens is 237 g/mol. The molecule has 1 unspecified atom stereocenters. The summed E-state index contributed by atoms with van der Waals surface area (Å²) in [6.07, 6.45) is 1.27. The van der Waals surface area contributed by atoms with Gasteiger partial charge in [0.15, 0.2) is 0 Å². The number of hydrogen-bond acceptors (Lipinski definition) is 3. The molecule has 0 saturated carbocycles. The van der Waals surface area contributed by atoms with Gasteiger partial charge in [-0.3, -0.25) is 4.79 Å². The molecule has 2 rings (SSSR count). The first-order valence-electron chi connectivity index (χ1n) is 5.90. The van der Waals surface area contributed by atoms with Gasteiger partial charge in [0, 0.05) is 13.1 Å². The fourth-order valence-electron chi connectivity index (χ4n) is 2.28. The molecular formula is C13H16FNO3. The molecule has 0 aliphatic carbocycles. The Kier molecular flexibility index (Phi) is 3.26. The standard InChI is InChI=1S/C13H16FNO3/c1-13(18)6-3-7-15(8-13)12(17)11-9(14)4-2-5-10(11)16/h2,4-5,16,18H,3,6-8H2,1H3. The van der Waals surface area contributed by atoms with Crippen molar-refractivity contribution in [2.45, 2.75) is 25.4 Å². The number of phenolic OH excluding ortho intramolecular Hbond substituents is 1. The summed E-state index contributed by atoms with van der Waals surface area (Å²) in [7, 11) is 0. The number of halogens is 1. The number of amides is 1. The molecule has 2 N–H and O–H groups in total. The molecule has 1 aliphatic rings. The molecule has 1 fully saturated rings. The zero-order valence-electron chi connectivity index (χ0n) is 10.2. The maximum Gasteiger partial charge on any atom is 0.260 e. The number of likely N-dealkylation sites (tertiary alicyclic amines) is 1. The Morgan fingerprint density at radius 2 is 2.22 bits per heavy atom. The van der Waals surface area contributed by atoms with Crippen LogP contribution in [0, 0.1) is 5.82 Å². The predicted molar refractivity (Wildman–Crippen MR) is 63.8 cm³/mol. The van der Waals surface area contributed by atoms with Gasteiger partial charge in [0.05, 0.1) is 5.60 Å². The van der Waals surface area contributed by atoms with Crippen LogP contribution < -0.4 is 0 Å². The van der Waals surface area contributed by atoms with Crippen molar-refractivity contribution in [1.29, 1.82) is 0 Å². The van der Waals surface area contributed by atoms with Gasteiger partial charge in [-0.25, -0.2) is 4.39 Å². The summed E-state index contributed by atoms with van der Waals surface area (Å²) < 4.78 is 13.6. The van der Waals surface area contributed by atoms with E-state index in [1.165, 1.54) is 17.0 Å². The van der Waals surface area contributed by atoms with Crippen LogP contribution in [0.3, 0.4) is 0 Å². The van der Waals surface area contributed by atoms with Crippen LogP contribution in [0.1, 0.15) is 30.1 Å². The normalized spacial score (nSPS) is 24.1. The highest BCUT2D eigenvalue weighted by Gasteiger charge is 2.33. The number of aromatic hydroxyl groups is 1. The van der Waals surface area contributed by atoms with Gasteiger partial charge in [-0.2, -0.15) is 0 Å². The van der Waals surface area contributed by atoms with Crippen molar-refractivity contribution in [1.82, 2.24) is 4.90 Å². The van der Waals surface area contributed by atoms with E-state index in [4.69, 9.17) is 0 Å². The molecule has 1 heterocycles. The summed E-state index contributed by atoms with van der Waals surface area (Å²) in [6.45, 7) is 2.26. The average molecular weight is 253 g/mol. The van der Waals surface area contributed by atoms with Gasteiger partial charge in [0.2, 0.25) is 0 Å². The quantitative estimate of drug-likeness (QED) is 0.797. The molecule has 1 aromatic carbocycles. The first-order chi connectivity index (χ1) is 8.41. The highest BCUT2D eigenvalue weighted by atomic mass is 19.1. The fraction of sp³-hybridized carbons (Fsp3) is 0.462. The Morgan fingerprint density at radius 1 is 1.50 bits per heavy atom. The molecule has 18 heavy (non-hydrogen) atoms. The van der Waals surface area contributed by atoms with Crippen molar-refractivity contribution >= 4 is 5.91 Å². The van der Waals surface area contributed by atoms with E-state index in [1.54, 1.807) is 6.92 Å². The molecule has 98 valence electrons. The topological polar surface area (TPSA) is 60.8 Å². The lowest BCUT2D eigenvalue weighted by molar-refractivity contribution is -0.0110. The number of carbonyl (C=O) groups is 1. The van der Waals surface area contributed by atoms with Gasteiger partial charge >= 0.3 is 0 Å². The van der Waals surface area contributed by atoms with Crippen LogP contribution in [0.4, 0.5) is 4.39 Å². The van der Waals surface area contributed by atoms with Crippen molar-refractivity contribution in [2.75, 3.05) is 13.1 Å². The third-order valence-electron chi connectivity index (χ3n) is 3.17. The minimum atomic E-state index is -0.950. The molecule has 1 aliphatic heterocycles. The predicted octanol–water partition coefficient (Wildman–Crippen LogP) is 1.52. The fourth-order valence-corrected chi connectivity index (χ4v) is 2.28. The molecule has 1 atom stereocenters. The Balaban J connectivity index is 2.26. The molecule has 1 aromatic rings. The summed E-state index contributed by atoms with van der Waals surface area (Å²) >= 11 is 0. The third kappa shape index (κ3) is 2.46. The summed E-state index contributed by atoms with van der Waals surface area (Å²) in [4.78, 5) is 13.5. The number of carbonyl (C=O) groups excluding carboxylic acids is 1. The van der Waals surface area contributed by atoms with Crippen LogP contribution in [0.25, 0.3) is 0 Å². The largest absolute Gasteiger partial charge is 0.507 e. The second-order valence-electron chi connectivity index (χ2n) is 4.96. The van der Waals surface area contributed by atoms with Gasteiger partial charge in [0.1, 0.15) is 17.1 Å². The Bertz CT molecular complexity index is 453. The lowest BCUT2D eigenvalue weighted by Gasteiger charge is -2.36. The minimum Gasteiger partial charge on any atom is -0.507 e. The minimum absolute atomic E-state index is 0.152. The maximum absolute atomic E-state index is 13.6. The summed E-state index contributed by atoms with van der Waals surface area (Å²) in [6, 6.07) is 3.75. The number of nitrogens with zero attached hydrogens (tertiary/aromatic N) is 1. The molecule has 0 radical (unpaired) electrons. The molecule has 0 aromatic heterocycles. The van der Waals surface area contributed by atoms with Crippen LogP contribution >= 0.6 is 0 Å². The van der Waals surface area contributed by atoms with Crippen LogP contribution in [-0.4, -0.2) is 39.7 Å². The van der Waals surface area contributed by atoms with E-state index >= 15 is 0 Å². The van der Waals surface area contributed by atoms with Crippen LogP contribution in [0.15, 0.2) is 18.2 Å². The van der Waals surface area contributed by atoms with Gasteiger partial charge in [0.25, 0.3) is 5.91 Å². The first kappa shape index (κ1) is 12.8. The zero-order chi connectivity index (χ0) is 13.3. The molecule has 4 nitrogen and oxygen atoms in total. The molecule has 1 amide bonds. The monoisotopic (exact) mass is 253 g/mol. The lowest BCUT2D eigenvalue weighted by Crippen LogP contribution is -2.48. The van der Waals surface area contributed by atoms with E-state index < -0.39 is 17.3 Å². The second kappa shape index (κ2) is 4.57. The van der Waals surface area contributed by atoms with Crippen molar-refractivity contribution in [3.8, 4) is 5.75 Å². The van der Waals surface area contributed by atoms with Crippen LogP contribution in [-0.2, 0) is 0 Å².